The van der Waals surface area contributed by atoms with Crippen LogP contribution in [0.25, 0.3) is 0 Å². The first-order valence-corrected chi connectivity index (χ1v) is 34.3. The number of hydrogen-bond donors (Lipinski definition) is 0. The number of hydrogen-bond acceptors (Lipinski definition) is 0. The van der Waals surface area contributed by atoms with E-state index < -0.39 is 0 Å². The summed E-state index contributed by atoms with van der Waals surface area (Å²) in [5.74, 6) is 0. The molecular weight excluding hydrogens is 582 g/mol. The molecule has 15 heavy (non-hydrogen) atoms. The first-order chi connectivity index (χ1) is 7.50. The third-order valence-corrected chi connectivity index (χ3v) is 114. The molecule has 0 nitrogen and oxygen atoms in total. The third kappa shape index (κ3) is 11.9. The first kappa shape index (κ1) is 16.2. The van der Waals surface area contributed by atoms with Crippen LogP contribution < -0.4 is 0 Å². The van der Waals surface area contributed by atoms with Crippen molar-refractivity contribution in [2.45, 2.75) is 55.6 Å². The zero-order chi connectivity index (χ0) is 10.6. The Kier molecular flexibility index (Phi) is 14.6. The summed E-state index contributed by atoms with van der Waals surface area (Å²) in [7, 11) is 4.04. The van der Waals surface area contributed by atoms with Crippen LogP contribution in [0.4, 0.5) is 0 Å². The Balaban J connectivity index is 2.25. The van der Waals surface area contributed by atoms with Gasteiger partial charge in [-0.2, -0.15) is 0 Å². The van der Waals surface area contributed by atoms with E-state index in [0.29, 0.717) is 0 Å². The maximum atomic E-state index is 1.69. The van der Waals surface area contributed by atoms with Gasteiger partial charge in [-0.1, -0.05) is 0 Å². The van der Waals surface area contributed by atoms with Gasteiger partial charge in [-0.05, 0) is 0 Å². The average molecular weight is 606 g/mol. The van der Waals surface area contributed by atoms with Crippen LogP contribution in [0.1, 0.15) is 44.9 Å². The second-order valence-corrected chi connectivity index (χ2v) is 62.6. The quantitative estimate of drug-likeness (QED) is 0.335. The van der Waals surface area contributed by atoms with Crippen LogP contribution in [-0.2, 0) is 0 Å². The number of rotatable bonds is 0. The molecule has 0 spiro atoms. The van der Waals surface area contributed by atoms with Crippen LogP contribution in [0.15, 0.2) is 0 Å². The van der Waals surface area contributed by atoms with E-state index in [1.165, 1.54) is 0 Å². The molecule has 0 N–H and O–H groups in total. The Morgan fingerprint density at radius 3 is 1.27 bits per heavy atom. The molecule has 1 heterocycles. The first-order valence-electron chi connectivity index (χ1n) is 5.63. The predicted octanol–water partition coefficient (Wildman–Crippen LogP) is -0.239. The van der Waals surface area contributed by atoms with Gasteiger partial charge in [0.2, 0.25) is 0 Å². The van der Waals surface area contributed by atoms with E-state index in [9.17, 15) is 0 Å². The van der Waals surface area contributed by atoms with Crippen molar-refractivity contribution in [3.8, 4) is 0 Å². The molecule has 0 radical (unpaired) electrons. The maximum absolute atomic E-state index is 1.69. The summed E-state index contributed by atoms with van der Waals surface area (Å²) in [6.07, 6.45) is 11.0. The van der Waals surface area contributed by atoms with E-state index in [-0.39, 0.29) is 0 Å². The van der Waals surface area contributed by atoms with Gasteiger partial charge in [0.25, 0.3) is 0 Å². The molecule has 0 unspecified atom stereocenters. The normalized spacial score (nSPS) is 24.0. The molecule has 0 aromatic heterocycles. The van der Waals surface area contributed by atoms with Gasteiger partial charge in [0, 0.05) is 0 Å². The standard InChI is InChI=1S/C9H24Se6/c1-2-4-6-8-10-12-14-15-13-11-9-7-5-3-1/h10-15H,1-9H2. The van der Waals surface area contributed by atoms with Gasteiger partial charge in [-0.3, -0.25) is 0 Å². The summed E-state index contributed by atoms with van der Waals surface area (Å²) in [4.78, 5) is 0. The Morgan fingerprint density at radius 1 is 0.400 bits per heavy atom. The SMILES string of the molecule is C1CCCC[SeH]=[SeH][SeH]=[SeH][SeH]=[SeH]CCCC1. The van der Waals surface area contributed by atoms with Crippen molar-refractivity contribution in [2.75, 3.05) is 0 Å². The molecule has 96 valence electrons. The molecule has 1 rings (SSSR count). The van der Waals surface area contributed by atoms with Crippen molar-refractivity contribution in [1.29, 1.82) is 0 Å². The zero-order valence-corrected chi connectivity index (χ0v) is 20.3. The van der Waals surface area contributed by atoms with E-state index in [2.05, 4.69) is 0 Å². The van der Waals surface area contributed by atoms with Gasteiger partial charge in [-0.15, -0.1) is 0 Å². The monoisotopic (exact) mass is 612 g/mol. The minimum atomic E-state index is 0.914. The van der Waals surface area contributed by atoms with Gasteiger partial charge in [0.15, 0.2) is 0 Å². The van der Waals surface area contributed by atoms with Crippen molar-refractivity contribution in [3.05, 3.63) is 0 Å². The summed E-state index contributed by atoms with van der Waals surface area (Å²) in [6.45, 7) is 0. The van der Waals surface area contributed by atoms with E-state index in [1.54, 1.807) is 55.6 Å². The van der Waals surface area contributed by atoms with Crippen LogP contribution in [0, 0.1) is 0 Å². The van der Waals surface area contributed by atoms with Crippen molar-refractivity contribution in [1.82, 2.24) is 0 Å². The fraction of sp³-hybridized carbons (Fsp3) is 1.00. The zero-order valence-electron chi connectivity index (χ0n) is 9.05. The summed E-state index contributed by atoms with van der Waals surface area (Å²) in [5, 5.41) is 3.38. The van der Waals surface area contributed by atoms with Crippen LogP contribution in [0.2, 0.25) is 10.6 Å². The molecule has 0 aromatic rings. The van der Waals surface area contributed by atoms with Crippen molar-refractivity contribution in [3.63, 3.8) is 0 Å². The van der Waals surface area contributed by atoms with Gasteiger partial charge in [-0.25, -0.2) is 0 Å². The average Bonchev–Trinajstić information content (AvgIpc) is 2.27. The van der Waals surface area contributed by atoms with Crippen molar-refractivity contribution < 1.29 is 0 Å². The van der Waals surface area contributed by atoms with E-state index >= 15 is 0 Å². The Morgan fingerprint density at radius 2 is 0.800 bits per heavy atom. The summed E-state index contributed by atoms with van der Waals surface area (Å²) < 4.78 is 0. The fourth-order valence-corrected chi connectivity index (χ4v) is 195. The second kappa shape index (κ2) is 13.5. The van der Waals surface area contributed by atoms with Gasteiger partial charge in [0.1, 0.15) is 0 Å². The van der Waals surface area contributed by atoms with E-state index in [0.717, 1.165) is 68.3 Å². The van der Waals surface area contributed by atoms with Gasteiger partial charge >= 0.3 is 124 Å². The van der Waals surface area contributed by atoms with Crippen LogP contribution in [0.3, 0.4) is 0 Å². The molecule has 1 aliphatic heterocycles. The van der Waals surface area contributed by atoms with Gasteiger partial charge in [0.05, 0.1) is 0 Å². The molecule has 0 aliphatic carbocycles. The molecule has 1 aliphatic rings. The Hall–Kier alpha value is 3.12. The van der Waals surface area contributed by atoms with Crippen molar-refractivity contribution >= 4 is 68.3 Å². The van der Waals surface area contributed by atoms with Crippen LogP contribution in [-0.4, -0.2) is 68.3 Å². The molecule has 0 amide bonds. The fourth-order valence-electron chi connectivity index (χ4n) is 1.43. The predicted molar refractivity (Wildman–Crippen MR) is 84.8 cm³/mol. The van der Waals surface area contributed by atoms with E-state index in [4.69, 9.17) is 0 Å². The molecule has 0 aromatic carbocycles. The summed E-state index contributed by atoms with van der Waals surface area (Å²) in [6, 6.07) is 0. The molecule has 0 atom stereocenters. The van der Waals surface area contributed by atoms with Crippen LogP contribution in [0.5, 0.6) is 0 Å². The van der Waals surface area contributed by atoms with Crippen LogP contribution >= 0.6 is 0 Å². The minimum absolute atomic E-state index is 0.914. The third-order valence-electron chi connectivity index (χ3n) is 2.26. The second-order valence-electron chi connectivity index (χ2n) is 3.56. The Bertz CT molecular complexity index is 201. The Labute approximate surface area is 122 Å². The summed E-state index contributed by atoms with van der Waals surface area (Å²) in [5.41, 5.74) is 0. The van der Waals surface area contributed by atoms with Gasteiger partial charge < -0.3 is 0 Å². The topological polar surface area (TPSA) is 0 Å². The molecule has 6 heteroatoms. The molecule has 0 bridgehead atoms. The summed E-state index contributed by atoms with van der Waals surface area (Å²) >= 11 is 1.83. The van der Waals surface area contributed by atoms with E-state index in [1.807, 2.05) is 0 Å². The molecule has 0 saturated carbocycles. The molecule has 0 saturated heterocycles. The van der Waals surface area contributed by atoms with Crippen molar-refractivity contribution in [2.24, 2.45) is 0 Å². The molecular formula is C9H24Se6. The molecule has 0 fully saturated rings.